The molecule has 0 amide bonds. The minimum absolute atomic E-state index is 0.683. The maximum absolute atomic E-state index is 4.41. The van der Waals surface area contributed by atoms with E-state index in [9.17, 15) is 0 Å². The Labute approximate surface area is 115 Å². The van der Waals surface area contributed by atoms with Crippen LogP contribution in [-0.4, -0.2) is 16.3 Å². The summed E-state index contributed by atoms with van der Waals surface area (Å²) in [5.74, 6) is 0.683. The van der Waals surface area contributed by atoms with Gasteiger partial charge in [0, 0.05) is 18.3 Å². The highest BCUT2D eigenvalue weighted by molar-refractivity contribution is 5.21. The fourth-order valence-electron chi connectivity index (χ4n) is 1.97. The van der Waals surface area contributed by atoms with Gasteiger partial charge in [0.2, 0.25) is 0 Å². The molecule has 0 bridgehead atoms. The number of rotatable bonds is 6. The first-order chi connectivity index (χ1) is 9.13. The predicted molar refractivity (Wildman–Crippen MR) is 79.1 cm³/mol. The molecule has 0 spiro atoms. The molecular formula is C16H23N3. The van der Waals surface area contributed by atoms with E-state index in [1.165, 1.54) is 16.7 Å². The standard InChI is InChI=1S/C16H23N3/c1-13(2)8-17-9-16-10-18-19(12-16)11-15-6-4-14(3)5-7-15/h4-7,10,12-13,17H,8-9,11H2,1-3H3. The van der Waals surface area contributed by atoms with Crippen LogP contribution >= 0.6 is 0 Å². The van der Waals surface area contributed by atoms with Crippen LogP contribution in [0.1, 0.15) is 30.5 Å². The normalized spacial score (nSPS) is 11.2. The van der Waals surface area contributed by atoms with E-state index in [1.807, 2.05) is 10.9 Å². The monoisotopic (exact) mass is 257 g/mol. The third-order valence-electron chi connectivity index (χ3n) is 3.03. The van der Waals surface area contributed by atoms with Gasteiger partial charge in [-0.25, -0.2) is 0 Å². The summed E-state index contributed by atoms with van der Waals surface area (Å²) in [6, 6.07) is 8.61. The minimum Gasteiger partial charge on any atom is -0.312 e. The molecule has 0 fully saturated rings. The number of nitrogens with zero attached hydrogens (tertiary/aromatic N) is 2. The molecule has 0 saturated carbocycles. The second-order valence-electron chi connectivity index (χ2n) is 5.56. The molecule has 1 heterocycles. The number of benzene rings is 1. The van der Waals surface area contributed by atoms with Gasteiger partial charge in [-0.15, -0.1) is 0 Å². The second-order valence-corrected chi connectivity index (χ2v) is 5.56. The van der Waals surface area contributed by atoms with Gasteiger partial charge in [0.15, 0.2) is 0 Å². The van der Waals surface area contributed by atoms with E-state index in [4.69, 9.17) is 0 Å². The van der Waals surface area contributed by atoms with E-state index in [0.29, 0.717) is 5.92 Å². The maximum Gasteiger partial charge on any atom is 0.0659 e. The number of aryl methyl sites for hydroxylation is 1. The van der Waals surface area contributed by atoms with Gasteiger partial charge in [0.1, 0.15) is 0 Å². The summed E-state index contributed by atoms with van der Waals surface area (Å²) in [4.78, 5) is 0. The van der Waals surface area contributed by atoms with Crippen molar-refractivity contribution in [2.45, 2.75) is 33.9 Å². The first-order valence-electron chi connectivity index (χ1n) is 6.91. The van der Waals surface area contributed by atoms with Crippen LogP contribution < -0.4 is 5.32 Å². The van der Waals surface area contributed by atoms with Crippen LogP contribution in [0.25, 0.3) is 0 Å². The molecule has 0 aliphatic carbocycles. The molecule has 0 atom stereocenters. The van der Waals surface area contributed by atoms with Gasteiger partial charge in [-0.1, -0.05) is 43.7 Å². The van der Waals surface area contributed by atoms with Crippen molar-refractivity contribution in [1.82, 2.24) is 15.1 Å². The summed E-state index contributed by atoms with van der Waals surface area (Å²) < 4.78 is 2.00. The summed E-state index contributed by atoms with van der Waals surface area (Å²) in [5.41, 5.74) is 3.82. The largest absolute Gasteiger partial charge is 0.312 e. The maximum atomic E-state index is 4.41. The van der Waals surface area contributed by atoms with Gasteiger partial charge in [-0.05, 0) is 24.9 Å². The zero-order chi connectivity index (χ0) is 13.7. The Kier molecular flexibility index (Phi) is 4.74. The number of aromatic nitrogens is 2. The minimum atomic E-state index is 0.683. The average Bonchev–Trinajstić information content (AvgIpc) is 2.79. The van der Waals surface area contributed by atoms with Crippen LogP contribution in [0.2, 0.25) is 0 Å². The predicted octanol–water partition coefficient (Wildman–Crippen LogP) is 2.99. The molecule has 3 heteroatoms. The molecule has 3 nitrogen and oxygen atoms in total. The van der Waals surface area contributed by atoms with Gasteiger partial charge in [0.25, 0.3) is 0 Å². The van der Waals surface area contributed by atoms with E-state index in [-0.39, 0.29) is 0 Å². The molecule has 0 aliphatic rings. The fourth-order valence-corrected chi connectivity index (χ4v) is 1.97. The average molecular weight is 257 g/mol. The fraction of sp³-hybridized carbons (Fsp3) is 0.438. The molecule has 1 N–H and O–H groups in total. The number of hydrogen-bond acceptors (Lipinski definition) is 2. The van der Waals surface area contributed by atoms with E-state index in [1.54, 1.807) is 0 Å². The molecule has 2 aromatic rings. The highest BCUT2D eigenvalue weighted by atomic mass is 15.3. The Hall–Kier alpha value is -1.61. The summed E-state index contributed by atoms with van der Waals surface area (Å²) in [7, 11) is 0. The zero-order valence-electron chi connectivity index (χ0n) is 12.1. The van der Waals surface area contributed by atoms with Crippen molar-refractivity contribution in [3.8, 4) is 0 Å². The molecule has 102 valence electrons. The highest BCUT2D eigenvalue weighted by Crippen LogP contribution is 2.06. The molecule has 0 radical (unpaired) electrons. The van der Waals surface area contributed by atoms with E-state index >= 15 is 0 Å². The van der Waals surface area contributed by atoms with Crippen molar-refractivity contribution in [2.24, 2.45) is 5.92 Å². The van der Waals surface area contributed by atoms with Crippen molar-refractivity contribution in [3.05, 3.63) is 53.3 Å². The zero-order valence-corrected chi connectivity index (χ0v) is 12.1. The van der Waals surface area contributed by atoms with Gasteiger partial charge >= 0.3 is 0 Å². The second kappa shape index (κ2) is 6.53. The van der Waals surface area contributed by atoms with Crippen molar-refractivity contribution in [3.63, 3.8) is 0 Å². The third kappa shape index (κ3) is 4.52. The Bertz CT molecular complexity index is 497. The van der Waals surface area contributed by atoms with Crippen LogP contribution in [0.4, 0.5) is 0 Å². The molecule has 1 aromatic heterocycles. The lowest BCUT2D eigenvalue weighted by Gasteiger charge is -2.05. The molecule has 2 rings (SSSR count). The summed E-state index contributed by atoms with van der Waals surface area (Å²) >= 11 is 0. The van der Waals surface area contributed by atoms with E-state index < -0.39 is 0 Å². The number of hydrogen-bond donors (Lipinski definition) is 1. The molecule has 1 aromatic carbocycles. The summed E-state index contributed by atoms with van der Waals surface area (Å²) in [5, 5.41) is 7.84. The topological polar surface area (TPSA) is 29.9 Å². The Morgan fingerprint density at radius 1 is 1.16 bits per heavy atom. The highest BCUT2D eigenvalue weighted by Gasteiger charge is 2.00. The SMILES string of the molecule is Cc1ccc(Cn2cc(CNCC(C)C)cn2)cc1. The van der Waals surface area contributed by atoms with Gasteiger partial charge in [-0.3, -0.25) is 4.68 Å². The van der Waals surface area contributed by atoms with Gasteiger partial charge in [-0.2, -0.15) is 5.10 Å². The summed E-state index contributed by atoms with van der Waals surface area (Å²) in [6.45, 7) is 9.32. The smallest absolute Gasteiger partial charge is 0.0659 e. The van der Waals surface area contributed by atoms with Crippen molar-refractivity contribution >= 4 is 0 Å². The molecule has 19 heavy (non-hydrogen) atoms. The summed E-state index contributed by atoms with van der Waals surface area (Å²) in [6.07, 6.45) is 4.06. The molecule has 0 aliphatic heterocycles. The van der Waals surface area contributed by atoms with Crippen LogP contribution in [0, 0.1) is 12.8 Å². The van der Waals surface area contributed by atoms with Gasteiger partial charge in [0.05, 0.1) is 12.7 Å². The molecular weight excluding hydrogens is 234 g/mol. The number of nitrogens with one attached hydrogen (secondary N) is 1. The van der Waals surface area contributed by atoms with Crippen LogP contribution in [-0.2, 0) is 13.1 Å². The lowest BCUT2D eigenvalue weighted by atomic mass is 10.1. The first-order valence-corrected chi connectivity index (χ1v) is 6.91. The van der Waals surface area contributed by atoms with Crippen LogP contribution in [0.5, 0.6) is 0 Å². The van der Waals surface area contributed by atoms with E-state index in [2.05, 4.69) is 61.6 Å². The van der Waals surface area contributed by atoms with Gasteiger partial charge < -0.3 is 5.32 Å². The Morgan fingerprint density at radius 2 is 1.89 bits per heavy atom. The lowest BCUT2D eigenvalue weighted by Crippen LogP contribution is -2.18. The molecule has 0 unspecified atom stereocenters. The Balaban J connectivity index is 1.88. The Morgan fingerprint density at radius 3 is 2.58 bits per heavy atom. The van der Waals surface area contributed by atoms with Crippen molar-refractivity contribution in [2.75, 3.05) is 6.54 Å². The van der Waals surface area contributed by atoms with Crippen LogP contribution in [0.15, 0.2) is 36.7 Å². The quantitative estimate of drug-likeness (QED) is 0.862. The van der Waals surface area contributed by atoms with Crippen molar-refractivity contribution < 1.29 is 0 Å². The first kappa shape index (κ1) is 13.8. The third-order valence-corrected chi connectivity index (χ3v) is 3.03. The molecule has 0 saturated heterocycles. The lowest BCUT2D eigenvalue weighted by molar-refractivity contribution is 0.552. The van der Waals surface area contributed by atoms with E-state index in [0.717, 1.165) is 19.6 Å². The van der Waals surface area contributed by atoms with Crippen LogP contribution in [0.3, 0.4) is 0 Å². The van der Waals surface area contributed by atoms with Crippen molar-refractivity contribution in [1.29, 1.82) is 0 Å².